The van der Waals surface area contributed by atoms with Crippen LogP contribution < -0.4 is 10.0 Å². The van der Waals surface area contributed by atoms with Gasteiger partial charge in [0.2, 0.25) is 0 Å². The minimum atomic E-state index is -3.78. The van der Waals surface area contributed by atoms with Crippen LogP contribution in [0.25, 0.3) is 5.65 Å². The van der Waals surface area contributed by atoms with E-state index in [1.54, 1.807) is 35.7 Å². The molecule has 0 spiro atoms. The topological polar surface area (TPSA) is 105 Å². The zero-order chi connectivity index (χ0) is 21.3. The highest BCUT2D eigenvalue weighted by molar-refractivity contribution is 7.92. The molecule has 30 heavy (non-hydrogen) atoms. The molecule has 152 valence electrons. The summed E-state index contributed by atoms with van der Waals surface area (Å²) in [6.45, 7) is 3.71. The van der Waals surface area contributed by atoms with Gasteiger partial charge in [-0.2, -0.15) is 0 Å². The summed E-state index contributed by atoms with van der Waals surface area (Å²) in [4.78, 5) is 21.3. The zero-order valence-electron chi connectivity index (χ0n) is 16.3. The summed E-state index contributed by atoms with van der Waals surface area (Å²) in [5.41, 5.74) is 3.21. The molecule has 0 aliphatic rings. The Hall–Kier alpha value is -3.72. The summed E-state index contributed by atoms with van der Waals surface area (Å²) < 4.78 is 29.1. The summed E-state index contributed by atoms with van der Waals surface area (Å²) >= 11 is 0. The minimum absolute atomic E-state index is 0.0627. The van der Waals surface area contributed by atoms with E-state index in [9.17, 15) is 13.2 Å². The predicted molar refractivity (Wildman–Crippen MR) is 114 cm³/mol. The Morgan fingerprint density at radius 1 is 1.00 bits per heavy atom. The number of hydrogen-bond donors (Lipinski definition) is 2. The molecule has 0 bridgehead atoms. The van der Waals surface area contributed by atoms with E-state index in [1.165, 1.54) is 30.5 Å². The summed E-state index contributed by atoms with van der Waals surface area (Å²) in [6.07, 6.45) is 3.29. The van der Waals surface area contributed by atoms with Crippen LogP contribution >= 0.6 is 0 Å². The second-order valence-electron chi connectivity index (χ2n) is 6.73. The van der Waals surface area contributed by atoms with E-state index >= 15 is 0 Å². The van der Waals surface area contributed by atoms with Crippen molar-refractivity contribution in [2.45, 2.75) is 18.7 Å². The molecule has 0 atom stereocenters. The Labute approximate surface area is 173 Å². The smallest absolute Gasteiger partial charge is 0.274 e. The first-order chi connectivity index (χ1) is 14.3. The van der Waals surface area contributed by atoms with Gasteiger partial charge in [0.25, 0.3) is 15.9 Å². The van der Waals surface area contributed by atoms with E-state index in [0.717, 1.165) is 11.2 Å². The maximum absolute atomic E-state index is 12.8. The van der Waals surface area contributed by atoms with Crippen LogP contribution in [0.15, 0.2) is 71.9 Å². The van der Waals surface area contributed by atoms with E-state index in [1.807, 2.05) is 19.1 Å². The van der Waals surface area contributed by atoms with E-state index in [-0.39, 0.29) is 16.6 Å². The van der Waals surface area contributed by atoms with Crippen LogP contribution in [0.1, 0.15) is 21.7 Å². The molecule has 8 nitrogen and oxygen atoms in total. The van der Waals surface area contributed by atoms with Crippen LogP contribution in [-0.4, -0.2) is 28.7 Å². The first-order valence-electron chi connectivity index (χ1n) is 9.15. The molecule has 0 saturated heterocycles. The number of anilines is 2. The highest BCUT2D eigenvalue weighted by Crippen LogP contribution is 2.20. The Balaban J connectivity index is 1.55. The molecule has 9 heteroatoms. The Morgan fingerprint density at radius 3 is 2.47 bits per heavy atom. The third-order valence-electron chi connectivity index (χ3n) is 4.56. The molecule has 0 radical (unpaired) electrons. The number of fused-ring (bicyclic) bond motifs is 1. The number of rotatable bonds is 5. The van der Waals surface area contributed by atoms with Gasteiger partial charge in [-0.05, 0) is 61.9 Å². The third kappa shape index (κ3) is 3.74. The maximum atomic E-state index is 12.8. The van der Waals surface area contributed by atoms with Crippen molar-refractivity contribution in [1.29, 1.82) is 0 Å². The monoisotopic (exact) mass is 421 g/mol. The first-order valence-corrected chi connectivity index (χ1v) is 10.6. The number of sulfonamides is 1. The number of carbonyl (C=O) groups is 1. The summed E-state index contributed by atoms with van der Waals surface area (Å²) in [7, 11) is -3.78. The minimum Gasteiger partial charge on any atom is -0.321 e. The SMILES string of the molecule is Cc1nc2c(C)cccn2c1C(=O)Nc1ccc(S(=O)(=O)Nc2ccccn2)cc1. The molecular weight excluding hydrogens is 402 g/mol. The van der Waals surface area contributed by atoms with Gasteiger partial charge < -0.3 is 5.32 Å². The van der Waals surface area contributed by atoms with Crippen molar-refractivity contribution >= 4 is 33.1 Å². The van der Waals surface area contributed by atoms with E-state index in [4.69, 9.17) is 0 Å². The number of pyridine rings is 2. The maximum Gasteiger partial charge on any atom is 0.274 e. The van der Waals surface area contributed by atoms with Gasteiger partial charge in [-0.15, -0.1) is 0 Å². The number of aromatic nitrogens is 3. The van der Waals surface area contributed by atoms with Crippen molar-refractivity contribution in [2.75, 3.05) is 10.0 Å². The molecule has 3 heterocycles. The third-order valence-corrected chi connectivity index (χ3v) is 5.93. The highest BCUT2D eigenvalue weighted by atomic mass is 32.2. The molecule has 4 rings (SSSR count). The van der Waals surface area contributed by atoms with Crippen LogP contribution in [0.3, 0.4) is 0 Å². The van der Waals surface area contributed by atoms with Gasteiger partial charge in [0.15, 0.2) is 0 Å². The highest BCUT2D eigenvalue weighted by Gasteiger charge is 2.19. The molecule has 0 aliphatic heterocycles. The lowest BCUT2D eigenvalue weighted by atomic mass is 10.2. The van der Waals surface area contributed by atoms with Crippen LogP contribution in [0.5, 0.6) is 0 Å². The predicted octanol–water partition coefficient (Wildman–Crippen LogP) is 3.40. The molecule has 0 saturated carbocycles. The molecule has 1 amide bonds. The van der Waals surface area contributed by atoms with Gasteiger partial charge in [-0.25, -0.2) is 18.4 Å². The Kier molecular flexibility index (Phi) is 4.96. The fourth-order valence-electron chi connectivity index (χ4n) is 3.12. The molecule has 0 unspecified atom stereocenters. The van der Waals surface area contributed by atoms with Crippen molar-refractivity contribution in [3.63, 3.8) is 0 Å². The molecule has 0 fully saturated rings. The number of benzene rings is 1. The van der Waals surface area contributed by atoms with Crippen molar-refractivity contribution in [2.24, 2.45) is 0 Å². The second-order valence-corrected chi connectivity index (χ2v) is 8.41. The molecule has 0 aliphatic carbocycles. The standard InChI is InChI=1S/C21H19N5O3S/c1-14-6-5-13-26-19(15(2)23-20(14)26)21(27)24-16-8-10-17(11-9-16)30(28,29)25-18-7-3-4-12-22-18/h3-13H,1-2H3,(H,22,25)(H,24,27). The molecule has 4 aromatic rings. The summed E-state index contributed by atoms with van der Waals surface area (Å²) in [6, 6.07) is 14.7. The number of hydrogen-bond acceptors (Lipinski definition) is 5. The normalized spacial score (nSPS) is 11.4. The number of imidazole rings is 1. The Morgan fingerprint density at radius 2 is 1.77 bits per heavy atom. The molecule has 1 aromatic carbocycles. The van der Waals surface area contributed by atoms with Gasteiger partial charge >= 0.3 is 0 Å². The number of aryl methyl sites for hydroxylation is 2. The average molecular weight is 421 g/mol. The lowest BCUT2D eigenvalue weighted by Gasteiger charge is -2.09. The average Bonchev–Trinajstić information content (AvgIpc) is 3.06. The van der Waals surface area contributed by atoms with Crippen LogP contribution in [0.2, 0.25) is 0 Å². The van der Waals surface area contributed by atoms with Crippen molar-refractivity contribution < 1.29 is 13.2 Å². The van der Waals surface area contributed by atoms with Crippen LogP contribution in [-0.2, 0) is 10.0 Å². The van der Waals surface area contributed by atoms with Crippen molar-refractivity contribution in [3.8, 4) is 0 Å². The lowest BCUT2D eigenvalue weighted by molar-refractivity contribution is 0.102. The molecule has 2 N–H and O–H groups in total. The van der Waals surface area contributed by atoms with Crippen LogP contribution in [0.4, 0.5) is 11.5 Å². The van der Waals surface area contributed by atoms with Gasteiger partial charge in [0.1, 0.15) is 17.2 Å². The van der Waals surface area contributed by atoms with E-state index in [2.05, 4.69) is 20.0 Å². The zero-order valence-corrected chi connectivity index (χ0v) is 17.1. The molecule has 3 aromatic heterocycles. The van der Waals surface area contributed by atoms with Gasteiger partial charge in [-0.1, -0.05) is 12.1 Å². The van der Waals surface area contributed by atoms with E-state index in [0.29, 0.717) is 17.1 Å². The van der Waals surface area contributed by atoms with Gasteiger partial charge in [0.05, 0.1) is 10.6 Å². The fraction of sp³-hybridized carbons (Fsp3) is 0.0952. The largest absolute Gasteiger partial charge is 0.321 e. The molecular formula is C21H19N5O3S. The second kappa shape index (κ2) is 7.60. The number of carbonyl (C=O) groups excluding carboxylic acids is 1. The fourth-order valence-corrected chi connectivity index (χ4v) is 4.13. The summed E-state index contributed by atoms with van der Waals surface area (Å²) in [5, 5.41) is 2.80. The quantitative estimate of drug-likeness (QED) is 0.514. The number of nitrogens with zero attached hydrogens (tertiary/aromatic N) is 3. The number of nitrogens with one attached hydrogen (secondary N) is 2. The van der Waals surface area contributed by atoms with Crippen molar-refractivity contribution in [1.82, 2.24) is 14.4 Å². The van der Waals surface area contributed by atoms with Crippen LogP contribution in [0, 0.1) is 13.8 Å². The number of amides is 1. The Bertz CT molecular complexity index is 1330. The first kappa shape index (κ1) is 19.6. The lowest BCUT2D eigenvalue weighted by Crippen LogP contribution is -2.16. The van der Waals surface area contributed by atoms with Gasteiger partial charge in [-0.3, -0.25) is 13.9 Å². The van der Waals surface area contributed by atoms with E-state index < -0.39 is 10.0 Å². The van der Waals surface area contributed by atoms with Gasteiger partial charge in [0, 0.05) is 18.1 Å². The summed E-state index contributed by atoms with van der Waals surface area (Å²) in [5.74, 6) is -0.0962. The van der Waals surface area contributed by atoms with Crippen molar-refractivity contribution in [3.05, 3.63) is 83.9 Å².